The summed E-state index contributed by atoms with van der Waals surface area (Å²) in [5.74, 6) is 0.672. The molecule has 4 rings (SSSR count). The van der Waals surface area contributed by atoms with E-state index in [-0.39, 0.29) is 17.1 Å². The van der Waals surface area contributed by atoms with Gasteiger partial charge in [-0.3, -0.25) is 9.97 Å². The maximum Gasteiger partial charge on any atom is 1.00 e. The number of aryl methyl sites for hydroxylation is 1. The number of hydrogen-bond acceptors (Lipinski definition) is 3. The third kappa shape index (κ3) is 3.37. The second-order valence-electron chi connectivity index (χ2n) is 5.50. The molecule has 0 atom stereocenters. The molecule has 0 amide bonds. The Kier molecular flexibility index (Phi) is 4.74. The Morgan fingerprint density at radius 2 is 1.54 bits per heavy atom. The maximum absolute atomic E-state index is 4.70. The molecule has 0 radical (unpaired) electrons. The van der Waals surface area contributed by atoms with Crippen molar-refractivity contribution < 1.29 is 17.1 Å². The molecule has 4 aromatic rings. The van der Waals surface area contributed by atoms with Gasteiger partial charge in [-0.05, 0) is 48.0 Å². The van der Waals surface area contributed by atoms with Crippen LogP contribution in [-0.4, -0.2) is 15.0 Å². The van der Waals surface area contributed by atoms with E-state index >= 15 is 0 Å². The van der Waals surface area contributed by atoms with Crippen molar-refractivity contribution in [1.82, 2.24) is 19.9 Å². The Morgan fingerprint density at radius 3 is 2.33 bits per heavy atom. The number of nitrogens with zero attached hydrogens (tertiary/aromatic N) is 4. The van der Waals surface area contributed by atoms with E-state index < -0.39 is 0 Å². The first-order valence-corrected chi connectivity index (χ1v) is 7.56. The first-order valence-electron chi connectivity index (χ1n) is 7.56. The van der Waals surface area contributed by atoms with Gasteiger partial charge in [0.25, 0.3) is 0 Å². The summed E-state index contributed by atoms with van der Waals surface area (Å²) in [7, 11) is 0. The van der Waals surface area contributed by atoms with Crippen LogP contribution >= 0.6 is 0 Å². The van der Waals surface area contributed by atoms with Crippen LogP contribution in [0.2, 0.25) is 0 Å². The molecule has 0 aliphatic heterocycles. The normalized spacial score (nSPS) is 10.5. The standard InChI is InChI=1S/C19H15N4.Cu/c1-13-6-4-7-14(20-13)12-15-8-5-11-18(21-15)19-22-16-9-2-3-10-17(16)23-19;/h2-11H,12H2,1H3;/q-1;+1. The van der Waals surface area contributed by atoms with Crippen LogP contribution in [0.1, 0.15) is 17.1 Å². The fraction of sp³-hybridized carbons (Fsp3) is 0.105. The molecule has 24 heavy (non-hydrogen) atoms. The number of hydrogen-bond donors (Lipinski definition) is 0. The average molecular weight is 363 g/mol. The topological polar surface area (TPSA) is 52.8 Å². The number of para-hydroxylation sites is 2. The molecular weight excluding hydrogens is 348 g/mol. The van der Waals surface area contributed by atoms with E-state index in [2.05, 4.69) is 15.0 Å². The van der Waals surface area contributed by atoms with Gasteiger partial charge in [-0.15, -0.1) is 0 Å². The first kappa shape index (κ1) is 16.4. The van der Waals surface area contributed by atoms with Crippen LogP contribution in [0.15, 0.2) is 60.7 Å². The molecule has 0 fully saturated rings. The molecule has 0 saturated heterocycles. The van der Waals surface area contributed by atoms with Gasteiger partial charge >= 0.3 is 17.1 Å². The van der Waals surface area contributed by atoms with Crippen molar-refractivity contribution in [3.05, 3.63) is 77.7 Å². The van der Waals surface area contributed by atoms with Gasteiger partial charge in [-0.1, -0.05) is 36.4 Å². The van der Waals surface area contributed by atoms with Crippen LogP contribution < -0.4 is 4.98 Å². The summed E-state index contributed by atoms with van der Waals surface area (Å²) >= 11 is 0. The maximum atomic E-state index is 4.70. The van der Waals surface area contributed by atoms with Crippen LogP contribution in [0.25, 0.3) is 22.6 Å². The van der Waals surface area contributed by atoms with Crippen molar-refractivity contribution in [3.8, 4) is 11.5 Å². The molecule has 3 heterocycles. The van der Waals surface area contributed by atoms with E-state index in [0.717, 1.165) is 33.8 Å². The summed E-state index contributed by atoms with van der Waals surface area (Å²) in [6.07, 6.45) is 0.704. The molecule has 4 nitrogen and oxygen atoms in total. The Labute approximate surface area is 150 Å². The second-order valence-corrected chi connectivity index (χ2v) is 5.50. The van der Waals surface area contributed by atoms with Crippen molar-refractivity contribution >= 4 is 11.0 Å². The van der Waals surface area contributed by atoms with E-state index in [1.165, 1.54) is 0 Å². The smallest absolute Gasteiger partial charge is 0.434 e. The van der Waals surface area contributed by atoms with Crippen molar-refractivity contribution in [2.45, 2.75) is 13.3 Å². The molecule has 0 aliphatic rings. The third-order valence-electron chi connectivity index (χ3n) is 3.68. The van der Waals surface area contributed by atoms with Gasteiger partial charge in [0.2, 0.25) is 0 Å². The van der Waals surface area contributed by atoms with Crippen molar-refractivity contribution in [2.24, 2.45) is 0 Å². The molecule has 0 aliphatic carbocycles. The molecular formula is C19H15CuN4. The minimum Gasteiger partial charge on any atom is -0.434 e. The molecule has 1 aromatic carbocycles. The molecule has 0 bridgehead atoms. The summed E-state index contributed by atoms with van der Waals surface area (Å²) < 4.78 is 0. The molecule has 122 valence electrons. The summed E-state index contributed by atoms with van der Waals surface area (Å²) in [5, 5.41) is 0. The molecule has 5 heteroatoms. The molecule has 0 spiro atoms. The SMILES string of the molecule is Cc1cccc(Cc2cccc(-c3nc4ccccc4[n-]3)n2)n1.[Cu+]. The molecule has 0 unspecified atom stereocenters. The van der Waals surface area contributed by atoms with Gasteiger partial charge in [0.15, 0.2) is 0 Å². The van der Waals surface area contributed by atoms with Crippen molar-refractivity contribution in [3.63, 3.8) is 0 Å². The number of imidazole rings is 1. The van der Waals surface area contributed by atoms with Gasteiger partial charge < -0.3 is 9.97 Å². The molecule has 0 saturated carbocycles. The Hall–Kier alpha value is -2.49. The van der Waals surface area contributed by atoms with Gasteiger partial charge in [0.1, 0.15) is 0 Å². The molecule has 3 aromatic heterocycles. The number of benzene rings is 1. The summed E-state index contributed by atoms with van der Waals surface area (Å²) in [6.45, 7) is 2.00. The summed E-state index contributed by atoms with van der Waals surface area (Å²) in [6, 6.07) is 19.9. The van der Waals surface area contributed by atoms with E-state index in [9.17, 15) is 0 Å². The van der Waals surface area contributed by atoms with Crippen molar-refractivity contribution in [2.75, 3.05) is 0 Å². The Bertz CT molecular complexity index is 945. The van der Waals surface area contributed by atoms with Crippen LogP contribution in [0.4, 0.5) is 0 Å². The zero-order valence-corrected chi connectivity index (χ0v) is 14.0. The van der Waals surface area contributed by atoms with E-state index in [1.807, 2.05) is 67.6 Å². The second kappa shape index (κ2) is 6.95. The number of fused-ring (bicyclic) bond motifs is 1. The van der Waals surface area contributed by atoms with Crippen molar-refractivity contribution in [1.29, 1.82) is 0 Å². The number of aromatic nitrogens is 4. The number of rotatable bonds is 3. The van der Waals surface area contributed by atoms with Gasteiger partial charge in [-0.2, -0.15) is 0 Å². The monoisotopic (exact) mass is 362 g/mol. The van der Waals surface area contributed by atoms with E-state index in [1.54, 1.807) is 0 Å². The Morgan fingerprint density at radius 1 is 0.792 bits per heavy atom. The van der Waals surface area contributed by atoms with Gasteiger partial charge in [0.05, 0.1) is 5.69 Å². The first-order chi connectivity index (χ1) is 11.3. The van der Waals surface area contributed by atoms with Crippen LogP contribution in [0.3, 0.4) is 0 Å². The van der Waals surface area contributed by atoms with E-state index in [0.29, 0.717) is 12.2 Å². The molecule has 0 N–H and O–H groups in total. The minimum atomic E-state index is 0. The minimum absolute atomic E-state index is 0. The van der Waals surface area contributed by atoms with Crippen LogP contribution in [0.5, 0.6) is 0 Å². The van der Waals surface area contributed by atoms with Gasteiger partial charge in [0, 0.05) is 23.5 Å². The van der Waals surface area contributed by atoms with E-state index in [4.69, 9.17) is 4.98 Å². The third-order valence-corrected chi connectivity index (χ3v) is 3.68. The Balaban J connectivity index is 0.00000169. The summed E-state index contributed by atoms with van der Waals surface area (Å²) in [5.41, 5.74) is 5.60. The quantitative estimate of drug-likeness (QED) is 0.523. The average Bonchev–Trinajstić information content (AvgIpc) is 2.99. The fourth-order valence-electron chi connectivity index (χ4n) is 2.61. The van der Waals surface area contributed by atoms with Gasteiger partial charge in [-0.25, -0.2) is 0 Å². The predicted octanol–water partition coefficient (Wildman–Crippen LogP) is 3.55. The number of pyridine rings is 2. The fourth-order valence-corrected chi connectivity index (χ4v) is 2.61. The largest absolute Gasteiger partial charge is 1.00 e. The zero-order chi connectivity index (χ0) is 15.6. The zero-order valence-electron chi connectivity index (χ0n) is 13.1. The predicted molar refractivity (Wildman–Crippen MR) is 90.1 cm³/mol. The van der Waals surface area contributed by atoms with Crippen LogP contribution in [0, 0.1) is 6.92 Å². The summed E-state index contributed by atoms with van der Waals surface area (Å²) in [4.78, 5) is 18.3. The van der Waals surface area contributed by atoms with Crippen LogP contribution in [-0.2, 0) is 23.5 Å².